The van der Waals surface area contributed by atoms with Gasteiger partial charge in [0.05, 0.1) is 25.4 Å². The second-order valence-corrected chi connectivity index (χ2v) is 3.34. The Hall–Kier alpha value is -1.56. The molecule has 0 saturated carbocycles. The van der Waals surface area contributed by atoms with Gasteiger partial charge in [0, 0.05) is 0 Å². The van der Waals surface area contributed by atoms with Crippen LogP contribution in [0.2, 0.25) is 0 Å². The van der Waals surface area contributed by atoms with Crippen molar-refractivity contribution in [1.29, 1.82) is 0 Å². The normalized spacial score (nSPS) is 19.2. The van der Waals surface area contributed by atoms with Gasteiger partial charge in [0.15, 0.2) is 0 Å². The highest BCUT2D eigenvalue weighted by molar-refractivity contribution is 5.91. The van der Waals surface area contributed by atoms with E-state index < -0.39 is 5.97 Å². The summed E-state index contributed by atoms with van der Waals surface area (Å²) in [7, 11) is 0. The van der Waals surface area contributed by atoms with Crippen LogP contribution in [0.3, 0.4) is 0 Å². The Kier molecular flexibility index (Phi) is 2.59. The number of hydrogen-bond donors (Lipinski definition) is 1. The highest BCUT2D eigenvalue weighted by Gasteiger charge is 2.25. The number of carbonyl (C=O) groups is 1. The van der Waals surface area contributed by atoms with E-state index in [9.17, 15) is 4.79 Å². The summed E-state index contributed by atoms with van der Waals surface area (Å²) >= 11 is 0. The summed E-state index contributed by atoms with van der Waals surface area (Å²) < 4.78 is 11.8. The molecular weight excluding hydrogens is 198 g/mol. The zero-order chi connectivity index (χ0) is 10.8. The van der Waals surface area contributed by atoms with E-state index in [0.717, 1.165) is 0 Å². The van der Waals surface area contributed by atoms with Crippen LogP contribution in [0.5, 0.6) is 5.88 Å². The molecule has 0 spiro atoms. The Bertz CT molecular complexity index is 375. The number of aromatic nitrogens is 2. The third-order valence-electron chi connectivity index (χ3n) is 2.13. The number of hydrogen-bond acceptors (Lipinski definition) is 5. The zero-order valence-electron chi connectivity index (χ0n) is 8.47. The van der Waals surface area contributed by atoms with Crippen molar-refractivity contribution >= 4 is 5.97 Å². The van der Waals surface area contributed by atoms with Gasteiger partial charge in [-0.1, -0.05) is 0 Å². The monoisotopic (exact) mass is 211 g/mol. The van der Waals surface area contributed by atoms with E-state index in [1.165, 1.54) is 6.20 Å². The summed E-state index contributed by atoms with van der Waals surface area (Å²) in [6, 6.07) is -0.0764. The number of esters is 1. The number of nitrogens with two attached hydrogens (primary N) is 1. The highest BCUT2D eigenvalue weighted by Crippen LogP contribution is 2.22. The van der Waals surface area contributed by atoms with Crippen LogP contribution in [0.25, 0.3) is 0 Å². The lowest BCUT2D eigenvalue weighted by Crippen LogP contribution is -2.37. The van der Waals surface area contributed by atoms with Crippen molar-refractivity contribution in [3.63, 3.8) is 0 Å². The van der Waals surface area contributed by atoms with Crippen molar-refractivity contribution < 1.29 is 14.3 Å². The number of carbonyl (C=O) groups excluding carboxylic acids is 1. The molecule has 0 fully saturated rings. The molecule has 0 bridgehead atoms. The van der Waals surface area contributed by atoms with Gasteiger partial charge in [-0.2, -0.15) is 5.10 Å². The van der Waals surface area contributed by atoms with Crippen molar-refractivity contribution in [3.05, 3.63) is 11.8 Å². The quantitative estimate of drug-likeness (QED) is 0.684. The average Bonchev–Trinajstić information content (AvgIpc) is 2.60. The molecule has 2 heterocycles. The smallest absolute Gasteiger partial charge is 0.345 e. The molecule has 0 amide bonds. The minimum atomic E-state index is -0.408. The molecule has 6 nitrogen and oxygen atoms in total. The van der Waals surface area contributed by atoms with Crippen LogP contribution < -0.4 is 10.5 Å². The van der Waals surface area contributed by atoms with E-state index in [-0.39, 0.29) is 6.04 Å². The van der Waals surface area contributed by atoms with Crippen molar-refractivity contribution in [2.75, 3.05) is 13.2 Å². The maximum atomic E-state index is 11.5. The fraction of sp³-hybridized carbons (Fsp3) is 0.556. The van der Waals surface area contributed by atoms with Crippen LogP contribution in [0.4, 0.5) is 0 Å². The number of fused-ring (bicyclic) bond motifs is 1. The molecule has 0 saturated heterocycles. The molecule has 0 aliphatic carbocycles. The fourth-order valence-electron chi connectivity index (χ4n) is 1.47. The molecular formula is C9H13N3O3. The van der Waals surface area contributed by atoms with Gasteiger partial charge in [-0.15, -0.1) is 0 Å². The third-order valence-corrected chi connectivity index (χ3v) is 2.13. The SMILES string of the molecule is CCOC(=O)c1cnn2c1OCC(N)C2. The van der Waals surface area contributed by atoms with E-state index in [2.05, 4.69) is 5.10 Å². The first-order valence-corrected chi connectivity index (χ1v) is 4.83. The summed E-state index contributed by atoms with van der Waals surface area (Å²) in [6.07, 6.45) is 1.45. The van der Waals surface area contributed by atoms with Crippen LogP contribution in [0, 0.1) is 0 Å². The minimum Gasteiger partial charge on any atom is -0.475 e. The maximum Gasteiger partial charge on any atom is 0.345 e. The second kappa shape index (κ2) is 3.90. The van der Waals surface area contributed by atoms with Crippen molar-refractivity contribution in [2.24, 2.45) is 5.73 Å². The van der Waals surface area contributed by atoms with Crippen molar-refractivity contribution in [2.45, 2.75) is 19.5 Å². The van der Waals surface area contributed by atoms with Gasteiger partial charge in [0.2, 0.25) is 5.88 Å². The van der Waals surface area contributed by atoms with Gasteiger partial charge in [-0.3, -0.25) is 0 Å². The van der Waals surface area contributed by atoms with Gasteiger partial charge in [-0.25, -0.2) is 9.48 Å². The van der Waals surface area contributed by atoms with Gasteiger partial charge < -0.3 is 15.2 Å². The predicted octanol–water partition coefficient (Wildman–Crippen LogP) is -0.221. The predicted molar refractivity (Wildman–Crippen MR) is 51.7 cm³/mol. The molecule has 1 aliphatic heterocycles. The van der Waals surface area contributed by atoms with Crippen LogP contribution in [0.1, 0.15) is 17.3 Å². The summed E-state index contributed by atoms with van der Waals surface area (Å²) in [5.74, 6) is 0.0457. The summed E-state index contributed by atoms with van der Waals surface area (Å²) in [5, 5.41) is 4.02. The first-order chi connectivity index (χ1) is 7.22. The Labute approximate surface area is 87.0 Å². The molecule has 0 aromatic carbocycles. The van der Waals surface area contributed by atoms with Gasteiger partial charge >= 0.3 is 5.97 Å². The molecule has 1 aliphatic rings. The van der Waals surface area contributed by atoms with Crippen molar-refractivity contribution in [3.8, 4) is 5.88 Å². The molecule has 1 atom stereocenters. The Balaban J connectivity index is 2.24. The van der Waals surface area contributed by atoms with E-state index in [1.807, 2.05) is 0 Å². The zero-order valence-corrected chi connectivity index (χ0v) is 8.47. The lowest BCUT2D eigenvalue weighted by Gasteiger charge is -2.21. The first kappa shape index (κ1) is 9.97. The number of ether oxygens (including phenoxy) is 2. The van der Waals surface area contributed by atoms with Crippen LogP contribution >= 0.6 is 0 Å². The molecule has 15 heavy (non-hydrogen) atoms. The second-order valence-electron chi connectivity index (χ2n) is 3.34. The Morgan fingerprint density at radius 1 is 1.87 bits per heavy atom. The minimum absolute atomic E-state index is 0.0764. The highest BCUT2D eigenvalue weighted by atomic mass is 16.5. The average molecular weight is 211 g/mol. The van der Waals surface area contributed by atoms with E-state index >= 15 is 0 Å². The summed E-state index contributed by atoms with van der Waals surface area (Å²) in [5.41, 5.74) is 6.06. The third kappa shape index (κ3) is 1.80. The molecule has 6 heteroatoms. The first-order valence-electron chi connectivity index (χ1n) is 4.83. The molecule has 1 aromatic rings. The lowest BCUT2D eigenvalue weighted by atomic mass is 10.3. The molecule has 1 unspecified atom stereocenters. The fourth-order valence-corrected chi connectivity index (χ4v) is 1.47. The van der Waals surface area contributed by atoms with E-state index in [0.29, 0.717) is 31.2 Å². The molecule has 82 valence electrons. The van der Waals surface area contributed by atoms with Crippen LogP contribution in [-0.4, -0.2) is 35.0 Å². The van der Waals surface area contributed by atoms with E-state index in [4.69, 9.17) is 15.2 Å². The molecule has 2 N–H and O–H groups in total. The van der Waals surface area contributed by atoms with E-state index in [1.54, 1.807) is 11.6 Å². The summed E-state index contributed by atoms with van der Waals surface area (Å²) in [6.45, 7) is 3.06. The number of nitrogens with zero attached hydrogens (tertiary/aromatic N) is 2. The van der Waals surface area contributed by atoms with Crippen molar-refractivity contribution in [1.82, 2.24) is 9.78 Å². The van der Waals surface area contributed by atoms with Gasteiger partial charge in [0.25, 0.3) is 0 Å². The van der Waals surface area contributed by atoms with Gasteiger partial charge in [-0.05, 0) is 6.92 Å². The molecule has 0 radical (unpaired) electrons. The number of rotatable bonds is 2. The standard InChI is InChI=1S/C9H13N3O3/c1-2-14-9(13)7-3-11-12-4-6(10)5-15-8(7)12/h3,6H,2,4-5,10H2,1H3. The van der Waals surface area contributed by atoms with Gasteiger partial charge in [0.1, 0.15) is 12.2 Å². The maximum absolute atomic E-state index is 11.5. The topological polar surface area (TPSA) is 79.4 Å². The largest absolute Gasteiger partial charge is 0.475 e. The Morgan fingerprint density at radius 2 is 2.67 bits per heavy atom. The van der Waals surface area contributed by atoms with Crippen LogP contribution in [-0.2, 0) is 11.3 Å². The lowest BCUT2D eigenvalue weighted by molar-refractivity contribution is 0.0518. The summed E-state index contributed by atoms with van der Waals surface area (Å²) in [4.78, 5) is 11.5. The molecule has 1 aromatic heterocycles. The van der Waals surface area contributed by atoms with Crippen LogP contribution in [0.15, 0.2) is 6.20 Å². The Morgan fingerprint density at radius 3 is 3.40 bits per heavy atom. The molecule has 2 rings (SSSR count).